The minimum Gasteiger partial charge on any atom is -0.478 e. The molecule has 0 saturated heterocycles. The van der Waals surface area contributed by atoms with Crippen molar-refractivity contribution < 1.29 is 9.90 Å². The Balaban J connectivity index is 2.71. The summed E-state index contributed by atoms with van der Waals surface area (Å²) in [6.45, 7) is 6.41. The average molecular weight is 347 g/mol. The van der Waals surface area contributed by atoms with Gasteiger partial charge in [0.25, 0.3) is 0 Å². The van der Waals surface area contributed by atoms with Gasteiger partial charge in [0.15, 0.2) is 0 Å². The van der Waals surface area contributed by atoms with Crippen LogP contribution < -0.4 is 0 Å². The van der Waals surface area contributed by atoms with E-state index in [9.17, 15) is 9.90 Å². The van der Waals surface area contributed by atoms with Gasteiger partial charge in [-0.2, -0.15) is 0 Å². The van der Waals surface area contributed by atoms with E-state index in [1.807, 2.05) is 30.3 Å². The van der Waals surface area contributed by atoms with E-state index in [1.54, 1.807) is 6.07 Å². The zero-order valence-corrected chi connectivity index (χ0v) is 14.1. The fourth-order valence-electron chi connectivity index (χ4n) is 2.46. The molecule has 0 aliphatic carbocycles. The van der Waals surface area contributed by atoms with E-state index in [0.717, 1.165) is 22.3 Å². The second-order valence-corrected chi connectivity index (χ2v) is 6.68. The van der Waals surface area contributed by atoms with Crippen molar-refractivity contribution in [1.82, 2.24) is 0 Å². The molecule has 2 rings (SSSR count). The molecule has 0 amide bonds. The molecule has 2 aromatic carbocycles. The van der Waals surface area contributed by atoms with Crippen molar-refractivity contribution in [2.24, 2.45) is 0 Å². The molecule has 0 aromatic heterocycles. The Bertz CT molecular complexity index is 669. The highest BCUT2D eigenvalue weighted by molar-refractivity contribution is 9.08. The van der Waals surface area contributed by atoms with Gasteiger partial charge in [0, 0.05) is 5.33 Å². The van der Waals surface area contributed by atoms with Crippen LogP contribution in [0.1, 0.15) is 42.3 Å². The number of carbonyl (C=O) groups is 1. The lowest BCUT2D eigenvalue weighted by atomic mass is 9.81. The molecule has 2 aromatic rings. The largest absolute Gasteiger partial charge is 0.478 e. The zero-order valence-electron chi connectivity index (χ0n) is 12.5. The van der Waals surface area contributed by atoms with E-state index in [0.29, 0.717) is 10.9 Å². The number of aromatic carboxylic acids is 1. The second-order valence-electron chi connectivity index (χ2n) is 6.11. The molecule has 110 valence electrons. The fraction of sp³-hybridized carbons (Fsp3) is 0.278. The van der Waals surface area contributed by atoms with Crippen LogP contribution in [0.4, 0.5) is 0 Å². The van der Waals surface area contributed by atoms with Gasteiger partial charge in [-0.25, -0.2) is 4.79 Å². The molecular formula is C18H19BrO2. The Kier molecular flexibility index (Phi) is 4.52. The third kappa shape index (κ3) is 3.35. The van der Waals surface area contributed by atoms with E-state index < -0.39 is 5.97 Å². The summed E-state index contributed by atoms with van der Waals surface area (Å²) < 4.78 is 0. The maximum absolute atomic E-state index is 11.6. The van der Waals surface area contributed by atoms with Gasteiger partial charge in [-0.05, 0) is 33.7 Å². The summed E-state index contributed by atoms with van der Waals surface area (Å²) in [7, 11) is 0. The number of benzene rings is 2. The lowest BCUT2D eigenvalue weighted by Gasteiger charge is -2.23. The molecule has 0 atom stereocenters. The van der Waals surface area contributed by atoms with Crippen molar-refractivity contribution in [1.29, 1.82) is 0 Å². The zero-order chi connectivity index (χ0) is 15.6. The number of carboxylic acid groups (broad SMARTS) is 1. The summed E-state index contributed by atoms with van der Waals surface area (Å²) in [6, 6.07) is 13.6. The maximum Gasteiger partial charge on any atom is 0.336 e. The molecule has 0 heterocycles. The van der Waals surface area contributed by atoms with Crippen molar-refractivity contribution in [3.8, 4) is 11.1 Å². The Labute approximate surface area is 134 Å². The van der Waals surface area contributed by atoms with Gasteiger partial charge in [-0.1, -0.05) is 73.1 Å². The SMILES string of the molecule is CC(C)(C)c1ccccc1-c1ccc(CBr)cc1C(=O)O. The minimum atomic E-state index is -0.892. The predicted octanol–water partition coefficient (Wildman–Crippen LogP) is 5.24. The number of rotatable bonds is 3. The van der Waals surface area contributed by atoms with Crippen LogP contribution in [-0.4, -0.2) is 11.1 Å². The topological polar surface area (TPSA) is 37.3 Å². The van der Waals surface area contributed by atoms with E-state index in [4.69, 9.17) is 0 Å². The number of hydrogen-bond donors (Lipinski definition) is 1. The normalized spacial score (nSPS) is 11.4. The van der Waals surface area contributed by atoms with Gasteiger partial charge in [0.1, 0.15) is 0 Å². The summed E-state index contributed by atoms with van der Waals surface area (Å²) in [4.78, 5) is 11.6. The molecule has 0 aliphatic rings. The molecular weight excluding hydrogens is 328 g/mol. The third-order valence-corrected chi connectivity index (χ3v) is 4.14. The van der Waals surface area contributed by atoms with Crippen molar-refractivity contribution in [3.63, 3.8) is 0 Å². The van der Waals surface area contributed by atoms with Gasteiger partial charge in [0.2, 0.25) is 0 Å². The number of halogens is 1. The van der Waals surface area contributed by atoms with Crippen LogP contribution in [0.25, 0.3) is 11.1 Å². The molecule has 0 aliphatic heterocycles. The third-order valence-electron chi connectivity index (χ3n) is 3.49. The fourth-order valence-corrected chi connectivity index (χ4v) is 2.81. The van der Waals surface area contributed by atoms with Crippen LogP contribution in [0.5, 0.6) is 0 Å². The number of alkyl halides is 1. The van der Waals surface area contributed by atoms with Crippen molar-refractivity contribution in [2.75, 3.05) is 0 Å². The van der Waals surface area contributed by atoms with Crippen LogP contribution in [0.3, 0.4) is 0 Å². The summed E-state index contributed by atoms with van der Waals surface area (Å²) in [6.07, 6.45) is 0. The molecule has 3 heteroatoms. The second kappa shape index (κ2) is 6.02. The first-order valence-corrected chi connectivity index (χ1v) is 7.99. The number of hydrogen-bond acceptors (Lipinski definition) is 1. The van der Waals surface area contributed by atoms with Gasteiger partial charge >= 0.3 is 5.97 Å². The van der Waals surface area contributed by atoms with E-state index in [2.05, 4.69) is 42.8 Å². The molecule has 0 saturated carbocycles. The molecule has 0 unspecified atom stereocenters. The smallest absolute Gasteiger partial charge is 0.336 e. The monoisotopic (exact) mass is 346 g/mol. The molecule has 0 bridgehead atoms. The van der Waals surface area contributed by atoms with Crippen LogP contribution in [0.15, 0.2) is 42.5 Å². The average Bonchev–Trinajstić information content (AvgIpc) is 2.45. The van der Waals surface area contributed by atoms with E-state index in [1.165, 1.54) is 0 Å². The van der Waals surface area contributed by atoms with E-state index >= 15 is 0 Å². The molecule has 1 N–H and O–H groups in total. The maximum atomic E-state index is 11.6. The van der Waals surface area contributed by atoms with Gasteiger partial charge in [0.05, 0.1) is 5.56 Å². The Morgan fingerprint density at radius 2 is 1.76 bits per heavy atom. The molecule has 0 radical (unpaired) electrons. The van der Waals surface area contributed by atoms with Gasteiger partial charge in [-0.15, -0.1) is 0 Å². The van der Waals surface area contributed by atoms with Crippen molar-refractivity contribution in [3.05, 3.63) is 59.2 Å². The highest BCUT2D eigenvalue weighted by Gasteiger charge is 2.21. The first-order valence-electron chi connectivity index (χ1n) is 6.86. The standard InChI is InChI=1S/C18H19BrO2/c1-18(2,3)16-7-5-4-6-14(16)13-9-8-12(11-19)10-15(13)17(20)21/h4-10H,11H2,1-3H3,(H,20,21). The Morgan fingerprint density at radius 3 is 2.33 bits per heavy atom. The highest BCUT2D eigenvalue weighted by Crippen LogP contribution is 2.35. The molecule has 0 fully saturated rings. The summed E-state index contributed by atoms with van der Waals surface area (Å²) in [5.41, 5.74) is 4.19. The first-order chi connectivity index (χ1) is 9.84. The summed E-state index contributed by atoms with van der Waals surface area (Å²) in [5.74, 6) is -0.892. The summed E-state index contributed by atoms with van der Waals surface area (Å²) >= 11 is 3.37. The van der Waals surface area contributed by atoms with E-state index in [-0.39, 0.29) is 5.41 Å². The Hall–Kier alpha value is -1.61. The lowest BCUT2D eigenvalue weighted by Crippen LogP contribution is -2.13. The summed E-state index contributed by atoms with van der Waals surface area (Å²) in [5, 5.41) is 10.2. The molecule has 21 heavy (non-hydrogen) atoms. The first kappa shape index (κ1) is 15.8. The van der Waals surface area contributed by atoms with Crippen molar-refractivity contribution in [2.45, 2.75) is 31.5 Å². The lowest BCUT2D eigenvalue weighted by molar-refractivity contribution is 0.0697. The van der Waals surface area contributed by atoms with Crippen LogP contribution in [0.2, 0.25) is 0 Å². The quantitative estimate of drug-likeness (QED) is 0.771. The van der Waals surface area contributed by atoms with Gasteiger partial charge < -0.3 is 5.11 Å². The van der Waals surface area contributed by atoms with Crippen LogP contribution in [-0.2, 0) is 10.7 Å². The van der Waals surface area contributed by atoms with Gasteiger partial charge in [-0.3, -0.25) is 0 Å². The Morgan fingerprint density at radius 1 is 1.10 bits per heavy atom. The highest BCUT2D eigenvalue weighted by atomic mass is 79.9. The van der Waals surface area contributed by atoms with Crippen molar-refractivity contribution >= 4 is 21.9 Å². The van der Waals surface area contributed by atoms with Crippen LogP contribution in [0, 0.1) is 0 Å². The number of carboxylic acids is 1. The van der Waals surface area contributed by atoms with Crippen LogP contribution >= 0.6 is 15.9 Å². The minimum absolute atomic E-state index is 0.0412. The predicted molar refractivity (Wildman–Crippen MR) is 90.2 cm³/mol. The molecule has 0 spiro atoms. The molecule has 2 nitrogen and oxygen atoms in total.